The van der Waals surface area contributed by atoms with Gasteiger partial charge in [-0.2, -0.15) is 0 Å². The van der Waals surface area contributed by atoms with E-state index in [9.17, 15) is 9.59 Å². The first-order valence-corrected chi connectivity index (χ1v) is 14.2. The number of likely N-dealkylation sites (tertiary alicyclic amines) is 2. The van der Waals surface area contributed by atoms with Crippen molar-refractivity contribution >= 4 is 23.5 Å². The average Bonchev–Trinajstić information content (AvgIpc) is 3.49. The summed E-state index contributed by atoms with van der Waals surface area (Å²) >= 11 is 6.17. The summed E-state index contributed by atoms with van der Waals surface area (Å²) in [5, 5.41) is 7.66. The van der Waals surface area contributed by atoms with E-state index in [0.29, 0.717) is 19.1 Å². The standard InChI is InChI=1S/C27H39ClN6O2/c28-21-5-3-4-20(16-21)17-31-10-8-27(18-31)9-11-34(19-27)26(36)33-14-12-32(13-15-33)25-29-23-7-2-1-6-22(23)24(35)30-25/h3-5,16,22-23,25,29H,1-2,6-15,17-19H2,(H,30,35). The first kappa shape index (κ1) is 24.5. The van der Waals surface area contributed by atoms with Gasteiger partial charge >= 0.3 is 6.03 Å². The molecule has 36 heavy (non-hydrogen) atoms. The van der Waals surface area contributed by atoms with E-state index in [1.165, 1.54) is 12.0 Å². The number of fused-ring (bicyclic) bond motifs is 1. The van der Waals surface area contributed by atoms with Gasteiger partial charge in [-0.05, 0) is 49.9 Å². The Morgan fingerprint density at radius 2 is 1.81 bits per heavy atom. The molecule has 1 spiro atoms. The van der Waals surface area contributed by atoms with Gasteiger partial charge in [0.25, 0.3) is 0 Å². The summed E-state index contributed by atoms with van der Waals surface area (Å²) in [4.78, 5) is 34.9. The van der Waals surface area contributed by atoms with E-state index in [-0.39, 0.29) is 29.6 Å². The maximum atomic E-state index is 13.4. The molecular weight excluding hydrogens is 476 g/mol. The summed E-state index contributed by atoms with van der Waals surface area (Å²) in [7, 11) is 0. The van der Waals surface area contributed by atoms with E-state index in [1.807, 2.05) is 17.0 Å². The van der Waals surface area contributed by atoms with Crippen LogP contribution in [0.2, 0.25) is 5.02 Å². The van der Waals surface area contributed by atoms with Gasteiger partial charge in [-0.3, -0.25) is 19.9 Å². The lowest BCUT2D eigenvalue weighted by Crippen LogP contribution is -2.70. The van der Waals surface area contributed by atoms with Gasteiger partial charge in [-0.25, -0.2) is 4.79 Å². The van der Waals surface area contributed by atoms with Crippen LogP contribution >= 0.6 is 11.6 Å². The molecule has 5 aliphatic rings. The molecule has 1 aromatic rings. The molecule has 2 N–H and O–H groups in total. The molecule has 4 atom stereocenters. The van der Waals surface area contributed by atoms with Gasteiger partial charge in [0, 0.05) is 68.8 Å². The highest BCUT2D eigenvalue weighted by atomic mass is 35.5. The third-order valence-corrected chi connectivity index (χ3v) is 9.46. The van der Waals surface area contributed by atoms with E-state index in [0.717, 1.165) is 82.9 Å². The molecule has 196 valence electrons. The van der Waals surface area contributed by atoms with Crippen molar-refractivity contribution in [1.82, 2.24) is 30.2 Å². The smallest absolute Gasteiger partial charge is 0.320 e. The molecule has 4 heterocycles. The Kier molecular flexibility index (Phi) is 6.88. The quantitative estimate of drug-likeness (QED) is 0.648. The molecule has 1 saturated carbocycles. The molecule has 9 heteroatoms. The molecule has 5 fully saturated rings. The van der Waals surface area contributed by atoms with Gasteiger partial charge < -0.3 is 15.1 Å². The Labute approximate surface area is 219 Å². The van der Waals surface area contributed by atoms with Gasteiger partial charge in [0.1, 0.15) is 6.29 Å². The lowest BCUT2D eigenvalue weighted by molar-refractivity contribution is -0.134. The number of carbonyl (C=O) groups is 2. The molecule has 1 aliphatic carbocycles. The molecule has 6 rings (SSSR count). The number of hydrogen-bond donors (Lipinski definition) is 2. The first-order chi connectivity index (χ1) is 17.5. The van der Waals surface area contributed by atoms with Gasteiger partial charge in [-0.15, -0.1) is 0 Å². The van der Waals surface area contributed by atoms with Crippen LogP contribution in [0.25, 0.3) is 0 Å². The number of carbonyl (C=O) groups excluding carboxylic acids is 2. The molecule has 8 nitrogen and oxygen atoms in total. The van der Waals surface area contributed by atoms with Crippen LogP contribution in [-0.2, 0) is 11.3 Å². The van der Waals surface area contributed by atoms with Crippen molar-refractivity contribution in [2.24, 2.45) is 11.3 Å². The summed E-state index contributed by atoms with van der Waals surface area (Å²) < 4.78 is 0. The maximum absolute atomic E-state index is 13.4. The lowest BCUT2D eigenvalue weighted by atomic mass is 9.82. The number of amides is 3. The van der Waals surface area contributed by atoms with Gasteiger partial charge in [0.15, 0.2) is 0 Å². The molecule has 1 aromatic carbocycles. The molecule has 4 unspecified atom stereocenters. The third kappa shape index (κ3) is 4.97. The number of piperazine rings is 1. The number of halogens is 1. The average molecular weight is 515 g/mol. The first-order valence-electron chi connectivity index (χ1n) is 13.8. The van der Waals surface area contributed by atoms with Crippen molar-refractivity contribution in [3.8, 4) is 0 Å². The number of nitrogens with one attached hydrogen (secondary N) is 2. The zero-order valence-corrected chi connectivity index (χ0v) is 21.9. The molecule has 4 saturated heterocycles. The minimum atomic E-state index is -0.104. The van der Waals surface area contributed by atoms with Crippen LogP contribution in [0.1, 0.15) is 44.1 Å². The number of nitrogens with zero attached hydrogens (tertiary/aromatic N) is 4. The molecule has 0 aromatic heterocycles. The summed E-state index contributed by atoms with van der Waals surface area (Å²) in [6.07, 6.45) is 6.57. The van der Waals surface area contributed by atoms with Crippen molar-refractivity contribution in [2.75, 3.05) is 52.4 Å². The van der Waals surface area contributed by atoms with Gasteiger partial charge in [-0.1, -0.05) is 36.6 Å². The monoisotopic (exact) mass is 514 g/mol. The predicted octanol–water partition coefficient (Wildman–Crippen LogP) is 2.54. The van der Waals surface area contributed by atoms with Crippen LogP contribution in [0.5, 0.6) is 0 Å². The molecule has 0 radical (unpaired) electrons. The fraction of sp³-hybridized carbons (Fsp3) is 0.704. The summed E-state index contributed by atoms with van der Waals surface area (Å²) in [5.41, 5.74) is 1.48. The Morgan fingerprint density at radius 3 is 2.64 bits per heavy atom. The van der Waals surface area contributed by atoms with Crippen LogP contribution in [-0.4, -0.2) is 96.2 Å². The van der Waals surface area contributed by atoms with Gasteiger partial charge in [0.05, 0.1) is 5.92 Å². The highest BCUT2D eigenvalue weighted by molar-refractivity contribution is 6.30. The lowest BCUT2D eigenvalue weighted by Gasteiger charge is -2.46. The van der Waals surface area contributed by atoms with Crippen molar-refractivity contribution in [3.05, 3.63) is 34.9 Å². The number of rotatable bonds is 3. The second-order valence-corrected chi connectivity index (χ2v) is 12.1. The normalized spacial score (nSPS) is 33.7. The SMILES string of the molecule is O=C1NC(N2CCN(C(=O)N3CCC4(CCN(Cc5cccc(Cl)c5)C4)C3)CC2)NC2CCCCC12. The van der Waals surface area contributed by atoms with Crippen LogP contribution < -0.4 is 10.6 Å². The van der Waals surface area contributed by atoms with Crippen LogP contribution in [0.15, 0.2) is 24.3 Å². The van der Waals surface area contributed by atoms with Gasteiger partial charge in [0.2, 0.25) is 5.91 Å². The van der Waals surface area contributed by atoms with E-state index < -0.39 is 0 Å². The van der Waals surface area contributed by atoms with Crippen molar-refractivity contribution in [3.63, 3.8) is 0 Å². The minimum Gasteiger partial charge on any atom is -0.328 e. The summed E-state index contributed by atoms with van der Waals surface area (Å²) in [6.45, 7) is 7.76. The van der Waals surface area contributed by atoms with Crippen LogP contribution in [0, 0.1) is 11.3 Å². The topological polar surface area (TPSA) is 71.2 Å². The van der Waals surface area contributed by atoms with Crippen molar-refractivity contribution in [2.45, 2.75) is 57.4 Å². The molecule has 0 bridgehead atoms. The predicted molar refractivity (Wildman–Crippen MR) is 139 cm³/mol. The zero-order valence-electron chi connectivity index (χ0n) is 21.1. The van der Waals surface area contributed by atoms with Crippen LogP contribution in [0.4, 0.5) is 4.79 Å². The summed E-state index contributed by atoms with van der Waals surface area (Å²) in [5.74, 6) is 0.322. The van der Waals surface area contributed by atoms with E-state index in [1.54, 1.807) is 0 Å². The number of hydrogen-bond acceptors (Lipinski definition) is 5. The second kappa shape index (κ2) is 10.1. The molecule has 4 aliphatic heterocycles. The third-order valence-electron chi connectivity index (χ3n) is 9.23. The highest BCUT2D eigenvalue weighted by Gasteiger charge is 2.46. The summed E-state index contributed by atoms with van der Waals surface area (Å²) in [6, 6.07) is 8.62. The number of urea groups is 1. The maximum Gasteiger partial charge on any atom is 0.320 e. The van der Waals surface area contributed by atoms with E-state index >= 15 is 0 Å². The largest absolute Gasteiger partial charge is 0.328 e. The van der Waals surface area contributed by atoms with Crippen molar-refractivity contribution < 1.29 is 9.59 Å². The Balaban J connectivity index is 0.986. The fourth-order valence-corrected chi connectivity index (χ4v) is 7.40. The Hall–Kier alpha value is -1.87. The Bertz CT molecular complexity index is 985. The highest BCUT2D eigenvalue weighted by Crippen LogP contribution is 2.40. The van der Waals surface area contributed by atoms with E-state index in [2.05, 4.69) is 37.5 Å². The zero-order chi connectivity index (χ0) is 24.7. The fourth-order valence-electron chi connectivity index (χ4n) is 7.19. The Morgan fingerprint density at radius 1 is 1.00 bits per heavy atom. The molecular formula is C27H39ClN6O2. The second-order valence-electron chi connectivity index (χ2n) is 11.6. The van der Waals surface area contributed by atoms with Crippen molar-refractivity contribution in [1.29, 1.82) is 0 Å². The van der Waals surface area contributed by atoms with Crippen LogP contribution in [0.3, 0.4) is 0 Å². The van der Waals surface area contributed by atoms with E-state index in [4.69, 9.17) is 11.6 Å². The molecule has 3 amide bonds. The minimum absolute atomic E-state index is 0.104. The number of benzene rings is 1.